The molecule has 1 rings (SSSR count). The van der Waals surface area contributed by atoms with Gasteiger partial charge in [0, 0.05) is 19.2 Å². The predicted octanol–water partition coefficient (Wildman–Crippen LogP) is 1.52. The van der Waals surface area contributed by atoms with Crippen LogP contribution in [0.15, 0.2) is 30.9 Å². The zero-order chi connectivity index (χ0) is 14.4. The van der Waals surface area contributed by atoms with Gasteiger partial charge in [-0.05, 0) is 12.5 Å². The number of nitro benzene ring substituents is 1. The number of carbonyl (C=O) groups excluding carboxylic acids is 1. The molecule has 1 amide bonds. The molecule has 1 aromatic rings. The minimum absolute atomic E-state index is 0.0581. The Labute approximate surface area is 111 Å². The highest BCUT2D eigenvalue weighted by Crippen LogP contribution is 2.23. The molecule has 19 heavy (non-hydrogen) atoms. The van der Waals surface area contributed by atoms with Crippen LogP contribution in [0.25, 0.3) is 0 Å². The highest BCUT2D eigenvalue weighted by Gasteiger charge is 2.25. The molecule has 0 spiro atoms. The predicted molar refractivity (Wildman–Crippen MR) is 71.0 cm³/mol. The Kier molecular flexibility index (Phi) is 5.20. The van der Waals surface area contributed by atoms with Crippen LogP contribution in [0.2, 0.25) is 0 Å². The fourth-order valence-corrected chi connectivity index (χ4v) is 1.79. The van der Waals surface area contributed by atoms with Crippen LogP contribution in [0.5, 0.6) is 0 Å². The summed E-state index contributed by atoms with van der Waals surface area (Å²) in [6.45, 7) is 5.30. The summed E-state index contributed by atoms with van der Waals surface area (Å²) < 4.78 is 0. The van der Waals surface area contributed by atoms with Gasteiger partial charge in [-0.3, -0.25) is 14.9 Å². The first kappa shape index (κ1) is 14.8. The summed E-state index contributed by atoms with van der Waals surface area (Å²) in [7, 11) is 0. The van der Waals surface area contributed by atoms with Gasteiger partial charge in [-0.25, -0.2) is 0 Å². The molecule has 0 aliphatic carbocycles. The molecular formula is C13H16N2O4. The quantitative estimate of drug-likeness (QED) is 0.479. The fourth-order valence-electron chi connectivity index (χ4n) is 1.79. The van der Waals surface area contributed by atoms with E-state index >= 15 is 0 Å². The number of hydrogen-bond acceptors (Lipinski definition) is 4. The third kappa shape index (κ3) is 3.38. The Bertz CT molecular complexity index is 499. The Balaban J connectivity index is 3.23. The topological polar surface area (TPSA) is 83.7 Å². The fraction of sp³-hybridized carbons (Fsp3) is 0.308. The van der Waals surface area contributed by atoms with Crippen LogP contribution < -0.4 is 0 Å². The van der Waals surface area contributed by atoms with Crippen LogP contribution in [0.1, 0.15) is 15.9 Å². The van der Waals surface area contributed by atoms with E-state index in [1.54, 1.807) is 13.0 Å². The van der Waals surface area contributed by atoms with Gasteiger partial charge in [0.1, 0.15) is 5.56 Å². The summed E-state index contributed by atoms with van der Waals surface area (Å²) in [5.74, 6) is -0.473. The summed E-state index contributed by atoms with van der Waals surface area (Å²) in [5.41, 5.74) is 0.367. The van der Waals surface area contributed by atoms with Crippen LogP contribution >= 0.6 is 0 Å². The van der Waals surface area contributed by atoms with E-state index in [4.69, 9.17) is 5.11 Å². The van der Waals surface area contributed by atoms with Crippen LogP contribution in [-0.4, -0.2) is 40.5 Å². The second kappa shape index (κ2) is 6.65. The Morgan fingerprint density at radius 3 is 2.79 bits per heavy atom. The van der Waals surface area contributed by atoms with Gasteiger partial charge >= 0.3 is 0 Å². The van der Waals surface area contributed by atoms with Gasteiger partial charge in [-0.2, -0.15) is 0 Å². The van der Waals surface area contributed by atoms with Crippen molar-refractivity contribution in [3.8, 4) is 0 Å². The van der Waals surface area contributed by atoms with E-state index in [1.165, 1.54) is 23.1 Å². The van der Waals surface area contributed by atoms with Crippen LogP contribution in [0, 0.1) is 17.0 Å². The lowest BCUT2D eigenvalue weighted by molar-refractivity contribution is -0.385. The second-order valence-corrected chi connectivity index (χ2v) is 3.99. The minimum Gasteiger partial charge on any atom is -0.395 e. The SMILES string of the molecule is C=CCN(CCO)C(=O)c1c(C)cccc1[N+](=O)[O-]. The van der Waals surface area contributed by atoms with Gasteiger partial charge in [-0.1, -0.05) is 18.2 Å². The molecule has 0 fully saturated rings. The molecule has 6 heteroatoms. The number of amides is 1. The lowest BCUT2D eigenvalue weighted by Gasteiger charge is -2.20. The maximum atomic E-state index is 12.3. The van der Waals surface area contributed by atoms with E-state index < -0.39 is 10.8 Å². The maximum Gasteiger partial charge on any atom is 0.282 e. The molecule has 0 unspecified atom stereocenters. The third-order valence-corrected chi connectivity index (χ3v) is 2.67. The van der Waals surface area contributed by atoms with Crippen molar-refractivity contribution in [2.24, 2.45) is 0 Å². The van der Waals surface area contributed by atoms with Crippen molar-refractivity contribution in [3.63, 3.8) is 0 Å². The zero-order valence-electron chi connectivity index (χ0n) is 10.7. The summed E-state index contributed by atoms with van der Waals surface area (Å²) in [6.07, 6.45) is 1.51. The molecule has 1 aromatic carbocycles. The maximum absolute atomic E-state index is 12.3. The number of carbonyl (C=O) groups is 1. The van der Waals surface area contributed by atoms with Crippen LogP contribution in [-0.2, 0) is 0 Å². The first-order chi connectivity index (χ1) is 9.02. The number of nitrogens with zero attached hydrogens (tertiary/aromatic N) is 2. The largest absolute Gasteiger partial charge is 0.395 e. The highest BCUT2D eigenvalue weighted by atomic mass is 16.6. The van der Waals surface area contributed by atoms with E-state index in [1.807, 2.05) is 0 Å². The third-order valence-electron chi connectivity index (χ3n) is 2.67. The van der Waals surface area contributed by atoms with Gasteiger partial charge in [-0.15, -0.1) is 6.58 Å². The molecule has 0 radical (unpaired) electrons. The monoisotopic (exact) mass is 264 g/mol. The van der Waals surface area contributed by atoms with Gasteiger partial charge < -0.3 is 10.0 Å². The number of nitro groups is 1. The molecule has 0 saturated carbocycles. The Morgan fingerprint density at radius 1 is 1.58 bits per heavy atom. The summed E-state index contributed by atoms with van der Waals surface area (Å²) in [5, 5.41) is 19.9. The average Bonchev–Trinajstić information content (AvgIpc) is 2.37. The number of rotatable bonds is 6. The van der Waals surface area contributed by atoms with Crippen molar-refractivity contribution in [2.45, 2.75) is 6.92 Å². The lowest BCUT2D eigenvalue weighted by atomic mass is 10.1. The molecule has 1 N–H and O–H groups in total. The smallest absolute Gasteiger partial charge is 0.282 e. The number of hydrogen-bond donors (Lipinski definition) is 1. The highest BCUT2D eigenvalue weighted by molar-refractivity contribution is 5.99. The lowest BCUT2D eigenvalue weighted by Crippen LogP contribution is -2.34. The van der Waals surface area contributed by atoms with Crippen molar-refractivity contribution in [3.05, 3.63) is 52.1 Å². The molecule has 0 heterocycles. The summed E-state index contributed by atoms with van der Waals surface area (Å²) in [6, 6.07) is 4.48. The summed E-state index contributed by atoms with van der Waals surface area (Å²) in [4.78, 5) is 24.1. The molecule has 0 bridgehead atoms. The van der Waals surface area contributed by atoms with E-state index in [2.05, 4.69) is 6.58 Å². The van der Waals surface area contributed by atoms with Crippen molar-refractivity contribution < 1.29 is 14.8 Å². The van der Waals surface area contributed by atoms with Crippen molar-refractivity contribution in [2.75, 3.05) is 19.7 Å². The minimum atomic E-state index is -0.578. The van der Waals surface area contributed by atoms with E-state index in [0.717, 1.165) is 0 Å². The second-order valence-electron chi connectivity index (χ2n) is 3.99. The molecule has 0 aliphatic heterocycles. The molecule has 0 saturated heterocycles. The number of benzene rings is 1. The molecular weight excluding hydrogens is 248 g/mol. The first-order valence-corrected chi connectivity index (χ1v) is 5.78. The first-order valence-electron chi connectivity index (χ1n) is 5.78. The van der Waals surface area contributed by atoms with Gasteiger partial charge in [0.25, 0.3) is 11.6 Å². The van der Waals surface area contributed by atoms with E-state index in [-0.39, 0.29) is 30.9 Å². The van der Waals surface area contributed by atoms with Gasteiger partial charge in [0.2, 0.25) is 0 Å². The molecule has 0 atom stereocenters. The summed E-state index contributed by atoms with van der Waals surface area (Å²) >= 11 is 0. The number of aryl methyl sites for hydroxylation is 1. The number of aliphatic hydroxyl groups is 1. The zero-order valence-corrected chi connectivity index (χ0v) is 10.7. The van der Waals surface area contributed by atoms with Gasteiger partial charge in [0.05, 0.1) is 11.5 Å². The van der Waals surface area contributed by atoms with Crippen molar-refractivity contribution >= 4 is 11.6 Å². The van der Waals surface area contributed by atoms with E-state index in [9.17, 15) is 14.9 Å². The molecule has 0 aliphatic rings. The average molecular weight is 264 g/mol. The van der Waals surface area contributed by atoms with Crippen molar-refractivity contribution in [1.82, 2.24) is 4.90 Å². The normalized spacial score (nSPS) is 10.0. The van der Waals surface area contributed by atoms with E-state index in [0.29, 0.717) is 5.56 Å². The molecule has 6 nitrogen and oxygen atoms in total. The van der Waals surface area contributed by atoms with Crippen LogP contribution in [0.3, 0.4) is 0 Å². The van der Waals surface area contributed by atoms with Gasteiger partial charge in [0.15, 0.2) is 0 Å². The van der Waals surface area contributed by atoms with Crippen LogP contribution in [0.4, 0.5) is 5.69 Å². The number of aliphatic hydroxyl groups excluding tert-OH is 1. The van der Waals surface area contributed by atoms with Crippen molar-refractivity contribution in [1.29, 1.82) is 0 Å². The standard InChI is InChI=1S/C13H16N2O4/c1-3-7-14(8-9-16)13(17)12-10(2)5-4-6-11(12)15(18)19/h3-6,16H,1,7-9H2,2H3. The molecule has 102 valence electrons. The Morgan fingerprint density at radius 2 is 2.26 bits per heavy atom. The Hall–Kier alpha value is -2.21. The molecule has 0 aromatic heterocycles.